The monoisotopic (exact) mass is 467 g/mol. The summed E-state index contributed by atoms with van der Waals surface area (Å²) in [5, 5.41) is 10.9. The van der Waals surface area contributed by atoms with Gasteiger partial charge in [-0.15, -0.1) is 5.10 Å². The van der Waals surface area contributed by atoms with Crippen LogP contribution in [0.15, 0.2) is 60.9 Å². The molecular formula is C23H19F2N5O4. The average molecular weight is 467 g/mol. The molecule has 2 aromatic carbocycles. The van der Waals surface area contributed by atoms with Gasteiger partial charge in [-0.3, -0.25) is 4.79 Å². The maximum absolute atomic E-state index is 12.9. The van der Waals surface area contributed by atoms with Gasteiger partial charge in [0.05, 0.1) is 11.3 Å². The largest absolute Gasteiger partial charge is 0.454 e. The lowest BCUT2D eigenvalue weighted by Gasteiger charge is -2.11. The predicted octanol–water partition coefficient (Wildman–Crippen LogP) is 3.71. The molecule has 34 heavy (non-hydrogen) atoms. The molecule has 0 saturated heterocycles. The second kappa shape index (κ2) is 9.61. The van der Waals surface area contributed by atoms with Gasteiger partial charge in [-0.25, -0.2) is 4.79 Å². The van der Waals surface area contributed by atoms with E-state index >= 15 is 0 Å². The molecule has 0 radical (unpaired) electrons. The Morgan fingerprint density at radius 2 is 1.76 bits per heavy atom. The number of aromatic nitrogens is 5. The number of hydrogen-bond acceptors (Lipinski definition) is 7. The minimum absolute atomic E-state index is 0.0337. The van der Waals surface area contributed by atoms with Crippen LogP contribution in [-0.2, 0) is 4.74 Å². The Labute approximate surface area is 192 Å². The number of esters is 1. The summed E-state index contributed by atoms with van der Waals surface area (Å²) < 4.78 is 37.5. The first-order valence-electron chi connectivity index (χ1n) is 10.1. The molecule has 174 valence electrons. The number of ether oxygens (including phenoxy) is 2. The topological polar surface area (TPSA) is 101 Å². The number of alkyl halides is 2. The van der Waals surface area contributed by atoms with Gasteiger partial charge in [0.15, 0.2) is 6.61 Å². The lowest BCUT2D eigenvalue weighted by Crippen LogP contribution is -2.16. The van der Waals surface area contributed by atoms with E-state index in [-0.39, 0.29) is 17.1 Å². The van der Waals surface area contributed by atoms with Gasteiger partial charge in [-0.1, -0.05) is 12.1 Å². The normalized spacial score (nSPS) is 11.0. The van der Waals surface area contributed by atoms with E-state index in [1.54, 1.807) is 54.0 Å². The van der Waals surface area contributed by atoms with Crippen molar-refractivity contribution in [1.82, 2.24) is 24.8 Å². The number of carbonyl (C=O) groups excluding carboxylic acids is 2. The van der Waals surface area contributed by atoms with Crippen LogP contribution >= 0.6 is 0 Å². The average Bonchev–Trinajstić information content (AvgIpc) is 3.46. The van der Waals surface area contributed by atoms with Crippen molar-refractivity contribution in [3.8, 4) is 17.1 Å². The second-order valence-electron chi connectivity index (χ2n) is 7.26. The van der Waals surface area contributed by atoms with Gasteiger partial charge in [0.1, 0.15) is 12.1 Å². The number of para-hydroxylation sites is 1. The van der Waals surface area contributed by atoms with Crippen molar-refractivity contribution in [1.29, 1.82) is 0 Å². The molecule has 2 heterocycles. The van der Waals surface area contributed by atoms with Crippen LogP contribution in [0.5, 0.6) is 5.75 Å². The number of rotatable bonds is 8. The maximum Gasteiger partial charge on any atom is 0.387 e. The number of Topliss-reactive ketones (excluding diaryl/α,β-unsaturated/α-hetero) is 1. The molecule has 0 N–H and O–H groups in total. The number of halogens is 2. The van der Waals surface area contributed by atoms with Gasteiger partial charge in [0.25, 0.3) is 0 Å². The van der Waals surface area contributed by atoms with Crippen molar-refractivity contribution < 1.29 is 27.8 Å². The number of benzene rings is 2. The molecule has 4 aromatic rings. The summed E-state index contributed by atoms with van der Waals surface area (Å²) in [6, 6.07) is 14.3. The SMILES string of the molecule is Cc1cc(C(=O)COC(=O)c2ccccc2-n2cnnn2)c(C)n1-c1ccc(OC(F)F)cc1. The standard InChI is InChI=1S/C23H19F2N5O4/c1-14-11-19(15(2)30(14)16-7-9-17(10-8-16)34-23(24)25)21(31)12-33-22(32)18-5-3-4-6-20(18)29-13-26-27-28-29/h3-11,13,23H,12H2,1-2H3. The van der Waals surface area contributed by atoms with Crippen LogP contribution in [0.1, 0.15) is 32.1 Å². The summed E-state index contributed by atoms with van der Waals surface area (Å²) in [6.07, 6.45) is 1.35. The van der Waals surface area contributed by atoms with Crippen LogP contribution < -0.4 is 4.74 Å². The van der Waals surface area contributed by atoms with Crippen LogP contribution in [0.3, 0.4) is 0 Å². The molecule has 0 fully saturated rings. The van der Waals surface area contributed by atoms with E-state index in [2.05, 4.69) is 20.3 Å². The highest BCUT2D eigenvalue weighted by molar-refractivity contribution is 6.01. The molecule has 0 aliphatic carbocycles. The molecule has 0 atom stereocenters. The fraction of sp³-hybridized carbons (Fsp3) is 0.174. The van der Waals surface area contributed by atoms with Gasteiger partial charge >= 0.3 is 12.6 Å². The molecule has 4 rings (SSSR count). The third kappa shape index (κ3) is 4.68. The van der Waals surface area contributed by atoms with Gasteiger partial charge in [-0.2, -0.15) is 13.5 Å². The molecule has 0 aliphatic heterocycles. The zero-order valence-corrected chi connectivity index (χ0v) is 18.2. The zero-order valence-electron chi connectivity index (χ0n) is 18.2. The Balaban J connectivity index is 1.49. The predicted molar refractivity (Wildman–Crippen MR) is 116 cm³/mol. The number of carbonyl (C=O) groups is 2. The molecule has 0 amide bonds. The highest BCUT2D eigenvalue weighted by Gasteiger charge is 2.20. The molecule has 0 unspecified atom stereocenters. The van der Waals surface area contributed by atoms with Crippen molar-refractivity contribution in [2.75, 3.05) is 6.61 Å². The Bertz CT molecular complexity index is 1320. The first-order chi connectivity index (χ1) is 16.3. The van der Waals surface area contributed by atoms with Crippen molar-refractivity contribution in [2.24, 2.45) is 0 Å². The number of tetrazole rings is 1. The van der Waals surface area contributed by atoms with Gasteiger partial charge in [0.2, 0.25) is 5.78 Å². The smallest absolute Gasteiger partial charge is 0.387 e. The van der Waals surface area contributed by atoms with Crippen LogP contribution in [0.25, 0.3) is 11.4 Å². The maximum atomic E-state index is 12.9. The Morgan fingerprint density at radius 3 is 2.44 bits per heavy atom. The zero-order chi connectivity index (χ0) is 24.2. The van der Waals surface area contributed by atoms with Crippen molar-refractivity contribution >= 4 is 11.8 Å². The number of hydrogen-bond donors (Lipinski definition) is 0. The van der Waals surface area contributed by atoms with Gasteiger partial charge in [0, 0.05) is 22.6 Å². The summed E-state index contributed by atoms with van der Waals surface area (Å²) in [6.45, 7) is 0.182. The Morgan fingerprint density at radius 1 is 1.03 bits per heavy atom. The van der Waals surface area contributed by atoms with Crippen LogP contribution in [0, 0.1) is 13.8 Å². The third-order valence-corrected chi connectivity index (χ3v) is 5.11. The molecule has 2 aromatic heterocycles. The van der Waals surface area contributed by atoms with Crippen molar-refractivity contribution in [3.63, 3.8) is 0 Å². The summed E-state index contributed by atoms with van der Waals surface area (Å²) in [5.41, 5.74) is 3.05. The van der Waals surface area contributed by atoms with Crippen molar-refractivity contribution in [2.45, 2.75) is 20.5 Å². The van der Waals surface area contributed by atoms with E-state index in [4.69, 9.17) is 4.74 Å². The summed E-state index contributed by atoms with van der Waals surface area (Å²) >= 11 is 0. The number of ketones is 1. The fourth-order valence-electron chi connectivity index (χ4n) is 3.62. The minimum Gasteiger partial charge on any atom is -0.454 e. The van der Waals surface area contributed by atoms with E-state index in [1.807, 2.05) is 6.92 Å². The Hall–Kier alpha value is -4.41. The molecular weight excluding hydrogens is 448 g/mol. The molecule has 0 spiro atoms. The van der Waals surface area contributed by atoms with Crippen LogP contribution in [-0.4, -0.2) is 49.7 Å². The van der Waals surface area contributed by atoms with Crippen LogP contribution in [0.4, 0.5) is 8.78 Å². The second-order valence-corrected chi connectivity index (χ2v) is 7.26. The summed E-state index contributed by atoms with van der Waals surface area (Å²) in [5.74, 6) is -1.04. The minimum atomic E-state index is -2.91. The Kier molecular flexibility index (Phi) is 6.44. The van der Waals surface area contributed by atoms with Gasteiger partial charge < -0.3 is 14.0 Å². The first kappa shape index (κ1) is 22.8. The fourth-order valence-corrected chi connectivity index (χ4v) is 3.62. The van der Waals surface area contributed by atoms with E-state index in [1.165, 1.54) is 23.1 Å². The molecule has 9 nitrogen and oxygen atoms in total. The number of aryl methyl sites for hydroxylation is 1. The highest BCUT2D eigenvalue weighted by atomic mass is 19.3. The number of nitrogens with zero attached hydrogens (tertiary/aromatic N) is 5. The lowest BCUT2D eigenvalue weighted by atomic mass is 10.1. The highest BCUT2D eigenvalue weighted by Crippen LogP contribution is 2.24. The van der Waals surface area contributed by atoms with Gasteiger partial charge in [-0.05, 0) is 66.7 Å². The molecule has 0 saturated carbocycles. The first-order valence-corrected chi connectivity index (χ1v) is 10.1. The van der Waals surface area contributed by atoms with E-state index in [9.17, 15) is 18.4 Å². The third-order valence-electron chi connectivity index (χ3n) is 5.11. The quantitative estimate of drug-likeness (QED) is 0.288. The molecule has 11 heteroatoms. The van der Waals surface area contributed by atoms with E-state index in [0.29, 0.717) is 22.6 Å². The van der Waals surface area contributed by atoms with Crippen molar-refractivity contribution in [3.05, 3.63) is 83.4 Å². The summed E-state index contributed by atoms with van der Waals surface area (Å²) in [7, 11) is 0. The lowest BCUT2D eigenvalue weighted by molar-refractivity contribution is -0.0498. The van der Waals surface area contributed by atoms with E-state index in [0.717, 1.165) is 5.69 Å². The summed E-state index contributed by atoms with van der Waals surface area (Å²) in [4.78, 5) is 25.5. The van der Waals surface area contributed by atoms with E-state index < -0.39 is 19.2 Å². The molecule has 0 bridgehead atoms. The molecule has 0 aliphatic rings. The van der Waals surface area contributed by atoms with Crippen LogP contribution in [0.2, 0.25) is 0 Å².